The SMILES string of the molecule is CC[CH]CCCCCOO. The van der Waals surface area contributed by atoms with Crippen LogP contribution in [0.1, 0.15) is 39.0 Å². The largest absolute Gasteiger partial charge is 0.252 e. The minimum Gasteiger partial charge on any atom is -0.252 e. The lowest BCUT2D eigenvalue weighted by Gasteiger charge is -1.97. The topological polar surface area (TPSA) is 29.5 Å². The van der Waals surface area contributed by atoms with Crippen molar-refractivity contribution in [3.8, 4) is 0 Å². The van der Waals surface area contributed by atoms with Crippen molar-refractivity contribution in [1.29, 1.82) is 0 Å². The zero-order valence-electron chi connectivity index (χ0n) is 6.68. The van der Waals surface area contributed by atoms with Crippen LogP contribution in [0.2, 0.25) is 0 Å². The van der Waals surface area contributed by atoms with Crippen LogP contribution in [-0.2, 0) is 4.89 Å². The summed E-state index contributed by atoms with van der Waals surface area (Å²) in [6.45, 7) is 2.63. The van der Waals surface area contributed by atoms with E-state index < -0.39 is 0 Å². The summed E-state index contributed by atoms with van der Waals surface area (Å²) in [7, 11) is 0. The molecule has 2 heteroatoms. The molecule has 0 amide bonds. The molecule has 0 unspecified atom stereocenters. The van der Waals surface area contributed by atoms with Crippen LogP contribution in [0.5, 0.6) is 0 Å². The summed E-state index contributed by atoms with van der Waals surface area (Å²) in [5, 5.41) is 7.96. The lowest BCUT2D eigenvalue weighted by Crippen LogP contribution is -1.88. The zero-order valence-corrected chi connectivity index (χ0v) is 6.68. The maximum absolute atomic E-state index is 7.96. The van der Waals surface area contributed by atoms with Crippen LogP contribution in [0.25, 0.3) is 0 Å². The average molecular weight is 145 g/mol. The maximum atomic E-state index is 7.96. The van der Waals surface area contributed by atoms with Crippen molar-refractivity contribution in [2.45, 2.75) is 39.0 Å². The number of rotatable bonds is 7. The summed E-state index contributed by atoms with van der Waals surface area (Å²) in [6, 6.07) is 0. The molecule has 1 N–H and O–H groups in total. The molecule has 0 aliphatic carbocycles. The van der Waals surface area contributed by atoms with Gasteiger partial charge in [0, 0.05) is 0 Å². The molecule has 1 radical (unpaired) electrons. The first-order valence-corrected chi connectivity index (χ1v) is 3.99. The van der Waals surface area contributed by atoms with E-state index in [2.05, 4.69) is 18.2 Å². The van der Waals surface area contributed by atoms with Gasteiger partial charge >= 0.3 is 0 Å². The van der Waals surface area contributed by atoms with Crippen LogP contribution in [-0.4, -0.2) is 11.9 Å². The van der Waals surface area contributed by atoms with E-state index >= 15 is 0 Å². The summed E-state index contributed by atoms with van der Waals surface area (Å²) in [5.74, 6) is 0. The highest BCUT2D eigenvalue weighted by Crippen LogP contribution is 2.03. The quantitative estimate of drug-likeness (QED) is 0.339. The number of hydrogen-bond donors (Lipinski definition) is 1. The Balaban J connectivity index is 2.65. The Morgan fingerprint density at radius 3 is 2.70 bits per heavy atom. The van der Waals surface area contributed by atoms with Crippen molar-refractivity contribution in [2.75, 3.05) is 6.61 Å². The predicted octanol–water partition coefficient (Wildman–Crippen LogP) is 2.65. The number of hydrogen-bond acceptors (Lipinski definition) is 2. The Morgan fingerprint density at radius 1 is 1.30 bits per heavy atom. The summed E-state index contributed by atoms with van der Waals surface area (Å²) >= 11 is 0. The second-order valence-electron chi connectivity index (χ2n) is 2.38. The second kappa shape index (κ2) is 8.92. The monoisotopic (exact) mass is 145 g/mol. The number of unbranched alkanes of at least 4 members (excludes halogenated alkanes) is 5. The summed E-state index contributed by atoms with van der Waals surface area (Å²) in [4.78, 5) is 3.94. The molecule has 0 spiro atoms. The molecule has 0 rings (SSSR count). The molecule has 0 aromatic rings. The fourth-order valence-electron chi connectivity index (χ4n) is 0.836. The van der Waals surface area contributed by atoms with Gasteiger partial charge in [-0.25, -0.2) is 4.89 Å². The molecule has 10 heavy (non-hydrogen) atoms. The first-order valence-electron chi connectivity index (χ1n) is 3.99. The Labute approximate surface area is 63.1 Å². The zero-order chi connectivity index (χ0) is 7.66. The van der Waals surface area contributed by atoms with E-state index in [1.807, 2.05) is 0 Å². The molecule has 0 aliphatic rings. The Morgan fingerprint density at radius 2 is 2.10 bits per heavy atom. The van der Waals surface area contributed by atoms with Gasteiger partial charge in [-0.2, -0.15) is 0 Å². The van der Waals surface area contributed by atoms with Crippen LogP contribution in [0.4, 0.5) is 0 Å². The van der Waals surface area contributed by atoms with Crippen LogP contribution in [0.15, 0.2) is 0 Å². The van der Waals surface area contributed by atoms with E-state index in [-0.39, 0.29) is 0 Å². The third-order valence-electron chi connectivity index (χ3n) is 1.43. The molecular weight excluding hydrogens is 128 g/mol. The third-order valence-corrected chi connectivity index (χ3v) is 1.43. The van der Waals surface area contributed by atoms with E-state index in [0.717, 1.165) is 19.3 Å². The van der Waals surface area contributed by atoms with Gasteiger partial charge in [0.05, 0.1) is 6.61 Å². The molecule has 0 aliphatic heterocycles. The molecule has 0 bridgehead atoms. The van der Waals surface area contributed by atoms with Crippen LogP contribution >= 0.6 is 0 Å². The third kappa shape index (κ3) is 7.92. The van der Waals surface area contributed by atoms with Gasteiger partial charge < -0.3 is 0 Å². The highest BCUT2D eigenvalue weighted by Gasteiger charge is 1.88. The van der Waals surface area contributed by atoms with Gasteiger partial charge in [0.25, 0.3) is 0 Å². The van der Waals surface area contributed by atoms with Crippen molar-refractivity contribution in [3.05, 3.63) is 6.42 Å². The molecule has 0 saturated heterocycles. The second-order valence-corrected chi connectivity index (χ2v) is 2.38. The van der Waals surface area contributed by atoms with Crippen LogP contribution < -0.4 is 0 Å². The highest BCUT2D eigenvalue weighted by atomic mass is 17.1. The molecule has 0 fully saturated rings. The molecule has 0 aromatic carbocycles. The first-order chi connectivity index (χ1) is 4.91. The molecule has 0 atom stereocenters. The molecule has 0 heterocycles. The molecular formula is C8H17O2. The Hall–Kier alpha value is -0.0800. The normalized spacial score (nSPS) is 10.2. The lowest BCUT2D eigenvalue weighted by molar-refractivity contribution is -0.242. The van der Waals surface area contributed by atoms with Crippen molar-refractivity contribution in [3.63, 3.8) is 0 Å². The molecule has 61 valence electrons. The van der Waals surface area contributed by atoms with E-state index in [9.17, 15) is 0 Å². The van der Waals surface area contributed by atoms with Crippen molar-refractivity contribution >= 4 is 0 Å². The minimum atomic E-state index is 0.478. The average Bonchev–Trinajstić information content (AvgIpc) is 1.97. The smallest absolute Gasteiger partial charge is 0.0819 e. The van der Waals surface area contributed by atoms with Crippen LogP contribution in [0.3, 0.4) is 0 Å². The van der Waals surface area contributed by atoms with Gasteiger partial charge in [-0.3, -0.25) is 5.26 Å². The van der Waals surface area contributed by atoms with E-state index in [1.165, 1.54) is 12.8 Å². The first kappa shape index (κ1) is 9.92. The van der Waals surface area contributed by atoms with E-state index in [4.69, 9.17) is 5.26 Å². The highest BCUT2D eigenvalue weighted by molar-refractivity contribution is 4.60. The minimum absolute atomic E-state index is 0.478. The van der Waals surface area contributed by atoms with Gasteiger partial charge in [0.2, 0.25) is 0 Å². The Kier molecular flexibility index (Phi) is 8.85. The van der Waals surface area contributed by atoms with Gasteiger partial charge in [-0.05, 0) is 12.8 Å². The molecule has 0 saturated carbocycles. The summed E-state index contributed by atoms with van der Waals surface area (Å²) in [6.07, 6.45) is 7.97. The lowest BCUT2D eigenvalue weighted by atomic mass is 10.1. The van der Waals surface area contributed by atoms with Crippen molar-refractivity contribution < 1.29 is 10.1 Å². The fourth-order valence-corrected chi connectivity index (χ4v) is 0.836. The maximum Gasteiger partial charge on any atom is 0.0819 e. The van der Waals surface area contributed by atoms with Crippen LogP contribution in [0, 0.1) is 6.42 Å². The van der Waals surface area contributed by atoms with Gasteiger partial charge in [0.1, 0.15) is 0 Å². The fraction of sp³-hybridized carbons (Fsp3) is 0.875. The van der Waals surface area contributed by atoms with Gasteiger partial charge in [-0.15, -0.1) is 0 Å². The summed E-state index contributed by atoms with van der Waals surface area (Å²) in [5.41, 5.74) is 0. The van der Waals surface area contributed by atoms with E-state index in [0.29, 0.717) is 6.61 Å². The summed E-state index contributed by atoms with van der Waals surface area (Å²) < 4.78 is 0. The van der Waals surface area contributed by atoms with Crippen molar-refractivity contribution in [2.24, 2.45) is 0 Å². The Bertz CT molecular complexity index is 47.2. The predicted molar refractivity (Wildman–Crippen MR) is 41.6 cm³/mol. The standard InChI is InChI=1S/C8H17O2/c1-2-3-4-5-6-7-8-10-9/h3,9H,2,4-8H2,1H3. The molecule has 0 aromatic heterocycles. The molecule has 2 nitrogen and oxygen atoms in total. The van der Waals surface area contributed by atoms with Crippen molar-refractivity contribution in [1.82, 2.24) is 0 Å². The van der Waals surface area contributed by atoms with Gasteiger partial charge in [-0.1, -0.05) is 32.6 Å². The van der Waals surface area contributed by atoms with Gasteiger partial charge in [0.15, 0.2) is 0 Å². The van der Waals surface area contributed by atoms with E-state index in [1.54, 1.807) is 0 Å².